The van der Waals surface area contributed by atoms with Gasteiger partial charge in [0.2, 0.25) is 0 Å². The first-order valence-electron chi connectivity index (χ1n) is 14.9. The van der Waals surface area contributed by atoms with Gasteiger partial charge in [0.05, 0.1) is 24.4 Å². The number of hydrogen-bond acceptors (Lipinski definition) is 5. The predicted octanol–water partition coefficient (Wildman–Crippen LogP) is 7.89. The summed E-state index contributed by atoms with van der Waals surface area (Å²) in [4.78, 5) is 11.9. The molecule has 5 nitrogen and oxygen atoms in total. The summed E-state index contributed by atoms with van der Waals surface area (Å²) in [6, 6.07) is 0. The average molecular weight is 501 g/mol. The zero-order valence-corrected chi connectivity index (χ0v) is 23.8. The smallest absolute Gasteiger partial charge is 0.305 e. The molecule has 2 atom stereocenters. The fourth-order valence-corrected chi connectivity index (χ4v) is 4.20. The summed E-state index contributed by atoms with van der Waals surface area (Å²) in [5.74, 6) is -0.172. The first kappa shape index (κ1) is 34.4. The Hall–Kier alpha value is -0.650. The van der Waals surface area contributed by atoms with Crippen LogP contribution in [0, 0.1) is 0 Å². The van der Waals surface area contributed by atoms with E-state index in [1.54, 1.807) is 13.8 Å². The SMILES string of the molecule is CCCCCCCCCCCCCCCCCCOC(=O)CCCC(O)C(C)OCCC(C)(C)O. The van der Waals surface area contributed by atoms with E-state index in [-0.39, 0.29) is 12.1 Å². The largest absolute Gasteiger partial charge is 0.466 e. The quantitative estimate of drug-likeness (QED) is 0.0932. The van der Waals surface area contributed by atoms with E-state index < -0.39 is 11.7 Å². The Kier molecular flexibility index (Phi) is 23.3. The molecule has 35 heavy (non-hydrogen) atoms. The molecule has 210 valence electrons. The molecule has 2 unspecified atom stereocenters. The summed E-state index contributed by atoms with van der Waals surface area (Å²) in [5, 5.41) is 19.8. The lowest BCUT2D eigenvalue weighted by Crippen LogP contribution is -2.29. The number of esters is 1. The second kappa shape index (κ2) is 23.7. The van der Waals surface area contributed by atoms with Crippen molar-refractivity contribution >= 4 is 5.97 Å². The van der Waals surface area contributed by atoms with Gasteiger partial charge in [0.15, 0.2) is 0 Å². The third kappa shape index (κ3) is 26.2. The van der Waals surface area contributed by atoms with E-state index in [2.05, 4.69) is 6.92 Å². The van der Waals surface area contributed by atoms with Crippen molar-refractivity contribution in [1.29, 1.82) is 0 Å². The summed E-state index contributed by atoms with van der Waals surface area (Å²) in [6.45, 7) is 8.49. The van der Waals surface area contributed by atoms with Crippen LogP contribution in [0.25, 0.3) is 0 Å². The van der Waals surface area contributed by atoms with Crippen molar-refractivity contribution in [2.75, 3.05) is 13.2 Å². The van der Waals surface area contributed by atoms with Gasteiger partial charge in [-0.1, -0.05) is 103 Å². The molecule has 0 bridgehead atoms. The molecule has 0 fully saturated rings. The van der Waals surface area contributed by atoms with Crippen LogP contribution in [0.15, 0.2) is 0 Å². The van der Waals surface area contributed by atoms with Crippen LogP contribution in [0.4, 0.5) is 0 Å². The highest BCUT2D eigenvalue weighted by Gasteiger charge is 2.18. The van der Waals surface area contributed by atoms with Crippen LogP contribution in [-0.4, -0.2) is 47.2 Å². The maximum absolute atomic E-state index is 11.9. The number of carbonyl (C=O) groups is 1. The molecule has 0 aromatic carbocycles. The van der Waals surface area contributed by atoms with Gasteiger partial charge < -0.3 is 19.7 Å². The molecule has 5 heteroatoms. The van der Waals surface area contributed by atoms with E-state index in [9.17, 15) is 15.0 Å². The van der Waals surface area contributed by atoms with Gasteiger partial charge >= 0.3 is 5.97 Å². The number of unbranched alkanes of at least 4 members (excludes halogenated alkanes) is 15. The molecule has 0 aliphatic carbocycles. The van der Waals surface area contributed by atoms with Gasteiger partial charge in [-0.05, 0) is 46.5 Å². The fraction of sp³-hybridized carbons (Fsp3) is 0.967. The second-order valence-corrected chi connectivity index (χ2v) is 11.1. The van der Waals surface area contributed by atoms with Crippen molar-refractivity contribution < 1.29 is 24.5 Å². The highest BCUT2D eigenvalue weighted by Crippen LogP contribution is 2.14. The highest BCUT2D eigenvalue weighted by atomic mass is 16.5. The van der Waals surface area contributed by atoms with Crippen molar-refractivity contribution in [2.24, 2.45) is 0 Å². The summed E-state index contributed by atoms with van der Waals surface area (Å²) >= 11 is 0. The van der Waals surface area contributed by atoms with E-state index in [1.165, 1.54) is 89.9 Å². The molecular formula is C30H60O5. The number of carbonyl (C=O) groups excluding carboxylic acids is 1. The van der Waals surface area contributed by atoms with E-state index in [0.29, 0.717) is 38.9 Å². The first-order valence-corrected chi connectivity index (χ1v) is 14.9. The minimum atomic E-state index is -0.763. The van der Waals surface area contributed by atoms with Crippen molar-refractivity contribution in [1.82, 2.24) is 0 Å². The third-order valence-corrected chi connectivity index (χ3v) is 6.78. The molecule has 0 saturated heterocycles. The van der Waals surface area contributed by atoms with Crippen LogP contribution in [0.5, 0.6) is 0 Å². The lowest BCUT2D eigenvalue weighted by molar-refractivity contribution is -0.144. The monoisotopic (exact) mass is 500 g/mol. The lowest BCUT2D eigenvalue weighted by Gasteiger charge is -2.22. The molecule has 0 aliphatic rings. The Morgan fingerprint density at radius 3 is 1.66 bits per heavy atom. The standard InChI is InChI=1S/C30H60O5/c1-5-6-7-8-9-10-11-12-13-14-15-16-17-18-19-20-25-35-29(32)23-21-22-28(31)27(2)34-26-24-30(3,4)33/h27-28,31,33H,5-26H2,1-4H3. The van der Waals surface area contributed by atoms with Crippen LogP contribution in [0.2, 0.25) is 0 Å². The Labute approximate surface area is 217 Å². The Morgan fingerprint density at radius 2 is 1.20 bits per heavy atom. The topological polar surface area (TPSA) is 76.0 Å². The van der Waals surface area contributed by atoms with Crippen molar-refractivity contribution in [3.63, 3.8) is 0 Å². The van der Waals surface area contributed by atoms with Gasteiger partial charge in [-0.25, -0.2) is 0 Å². The van der Waals surface area contributed by atoms with E-state index in [0.717, 1.165) is 12.8 Å². The Bertz CT molecular complexity index is 460. The Morgan fingerprint density at radius 1 is 0.743 bits per heavy atom. The molecule has 2 N–H and O–H groups in total. The lowest BCUT2D eigenvalue weighted by atomic mass is 10.0. The molecule has 0 rings (SSSR count). The number of hydrogen-bond donors (Lipinski definition) is 2. The zero-order chi connectivity index (χ0) is 26.2. The maximum Gasteiger partial charge on any atom is 0.305 e. The van der Waals surface area contributed by atoms with E-state index >= 15 is 0 Å². The molecule has 0 amide bonds. The first-order chi connectivity index (χ1) is 16.8. The van der Waals surface area contributed by atoms with Gasteiger partial charge in [-0.3, -0.25) is 4.79 Å². The van der Waals surface area contributed by atoms with Crippen LogP contribution >= 0.6 is 0 Å². The summed E-state index contributed by atoms with van der Waals surface area (Å²) in [5.41, 5.74) is -0.763. The molecule has 0 aromatic heterocycles. The van der Waals surface area contributed by atoms with Crippen LogP contribution in [0.3, 0.4) is 0 Å². The number of ether oxygens (including phenoxy) is 2. The summed E-state index contributed by atoms with van der Waals surface area (Å²) < 4.78 is 10.9. The number of aliphatic hydroxyl groups is 2. The van der Waals surface area contributed by atoms with Gasteiger partial charge in [0.1, 0.15) is 0 Å². The summed E-state index contributed by atoms with van der Waals surface area (Å²) in [7, 11) is 0. The third-order valence-electron chi connectivity index (χ3n) is 6.78. The van der Waals surface area contributed by atoms with Gasteiger partial charge in [0.25, 0.3) is 0 Å². The van der Waals surface area contributed by atoms with Crippen molar-refractivity contribution in [3.05, 3.63) is 0 Å². The van der Waals surface area contributed by atoms with Crippen LogP contribution in [-0.2, 0) is 14.3 Å². The van der Waals surface area contributed by atoms with Crippen molar-refractivity contribution in [2.45, 2.75) is 174 Å². The van der Waals surface area contributed by atoms with Crippen LogP contribution < -0.4 is 0 Å². The van der Waals surface area contributed by atoms with E-state index in [1.807, 2.05) is 6.92 Å². The van der Waals surface area contributed by atoms with E-state index in [4.69, 9.17) is 9.47 Å². The van der Waals surface area contributed by atoms with Crippen molar-refractivity contribution in [3.8, 4) is 0 Å². The molecular weight excluding hydrogens is 440 g/mol. The number of rotatable bonds is 26. The minimum absolute atomic E-state index is 0.172. The van der Waals surface area contributed by atoms with Gasteiger partial charge in [-0.15, -0.1) is 0 Å². The number of aliphatic hydroxyl groups excluding tert-OH is 1. The van der Waals surface area contributed by atoms with Gasteiger partial charge in [0, 0.05) is 13.0 Å². The zero-order valence-electron chi connectivity index (χ0n) is 23.8. The summed E-state index contributed by atoms with van der Waals surface area (Å²) in [6.07, 6.45) is 22.4. The maximum atomic E-state index is 11.9. The molecule has 0 aliphatic heterocycles. The van der Waals surface area contributed by atoms with Gasteiger partial charge in [-0.2, -0.15) is 0 Å². The second-order valence-electron chi connectivity index (χ2n) is 11.1. The molecule has 0 heterocycles. The highest BCUT2D eigenvalue weighted by molar-refractivity contribution is 5.69. The fourth-order valence-electron chi connectivity index (χ4n) is 4.20. The molecule has 0 aromatic rings. The minimum Gasteiger partial charge on any atom is -0.466 e. The van der Waals surface area contributed by atoms with Crippen LogP contribution in [0.1, 0.15) is 156 Å². The molecule has 0 radical (unpaired) electrons. The average Bonchev–Trinajstić information content (AvgIpc) is 2.80. The predicted molar refractivity (Wildman–Crippen MR) is 147 cm³/mol. The molecule has 0 saturated carbocycles. The molecule has 0 spiro atoms. The Balaban J connectivity index is 3.37. The normalized spacial score (nSPS) is 13.7.